The van der Waals surface area contributed by atoms with Crippen LogP contribution >= 0.6 is 0 Å². The lowest BCUT2D eigenvalue weighted by molar-refractivity contribution is -0.00806. The first-order valence-electron chi connectivity index (χ1n) is 5.34. The van der Waals surface area contributed by atoms with Crippen molar-refractivity contribution in [3.8, 4) is 0 Å². The van der Waals surface area contributed by atoms with Gasteiger partial charge in [-0.15, -0.1) is 0 Å². The smallest absolute Gasteiger partial charge is 0.190 e. The van der Waals surface area contributed by atoms with Crippen LogP contribution in [-0.2, 0) is 4.43 Å². The minimum atomic E-state index is -1.57. The van der Waals surface area contributed by atoms with Gasteiger partial charge in [-0.3, -0.25) is 0 Å². The highest BCUT2D eigenvalue weighted by Crippen LogP contribution is 2.17. The molecule has 0 aliphatic rings. The molecule has 2 nitrogen and oxygen atoms in total. The van der Waals surface area contributed by atoms with Crippen molar-refractivity contribution in [2.75, 3.05) is 0 Å². The fourth-order valence-corrected chi connectivity index (χ4v) is 3.64. The second-order valence-electron chi connectivity index (χ2n) is 4.29. The number of aliphatic hydroxyl groups is 1. The first kappa shape index (κ1) is 13.1. The van der Waals surface area contributed by atoms with Crippen LogP contribution in [0.2, 0.25) is 19.1 Å². The van der Waals surface area contributed by atoms with Crippen molar-refractivity contribution >= 4 is 8.32 Å². The minimum Gasteiger partial charge on any atom is -0.393 e. The predicted octanol–water partition coefficient (Wildman–Crippen LogP) is 3.13. The topological polar surface area (TPSA) is 29.5 Å². The van der Waals surface area contributed by atoms with Crippen LogP contribution in [0, 0.1) is 0 Å². The van der Waals surface area contributed by atoms with Gasteiger partial charge in [0.2, 0.25) is 0 Å². The van der Waals surface area contributed by atoms with Gasteiger partial charge in [0.05, 0.1) is 0 Å². The van der Waals surface area contributed by atoms with Crippen LogP contribution in [0.15, 0.2) is 0 Å². The maximum absolute atomic E-state index is 9.10. The maximum atomic E-state index is 9.10. The number of aliphatic hydroxyl groups excluding tert-OH is 1. The normalized spacial score (nSPS) is 14.5. The lowest BCUT2D eigenvalue weighted by atomic mass is 10.2. The Labute approximate surface area is 83.4 Å². The molecule has 1 atom stereocenters. The van der Waals surface area contributed by atoms with Gasteiger partial charge in [0.15, 0.2) is 8.32 Å². The molecule has 1 unspecified atom stereocenters. The molecule has 0 saturated carbocycles. The Balaban J connectivity index is 3.50. The van der Waals surface area contributed by atoms with Crippen molar-refractivity contribution in [3.05, 3.63) is 0 Å². The molecule has 3 heteroatoms. The third-order valence-corrected chi connectivity index (χ3v) is 4.66. The lowest BCUT2D eigenvalue weighted by Crippen LogP contribution is -2.34. The molecule has 0 saturated heterocycles. The highest BCUT2D eigenvalue weighted by molar-refractivity contribution is 6.71. The summed E-state index contributed by atoms with van der Waals surface area (Å²) >= 11 is 0. The molecular weight excluding hydrogens is 180 g/mol. The summed E-state index contributed by atoms with van der Waals surface area (Å²) in [5.41, 5.74) is 0. The Morgan fingerprint density at radius 1 is 1.23 bits per heavy atom. The third kappa shape index (κ3) is 8.47. The van der Waals surface area contributed by atoms with E-state index < -0.39 is 14.6 Å². The zero-order valence-corrected chi connectivity index (χ0v) is 10.5. The van der Waals surface area contributed by atoms with Crippen molar-refractivity contribution in [2.45, 2.75) is 65.0 Å². The molecular formula is C10H24O2Si. The zero-order chi connectivity index (χ0) is 10.3. The Morgan fingerprint density at radius 2 is 1.85 bits per heavy atom. The first-order chi connectivity index (χ1) is 5.98. The van der Waals surface area contributed by atoms with E-state index in [-0.39, 0.29) is 0 Å². The molecule has 0 heterocycles. The largest absolute Gasteiger partial charge is 0.393 e. The second-order valence-corrected chi connectivity index (χ2v) is 8.54. The molecule has 80 valence electrons. The van der Waals surface area contributed by atoms with Crippen LogP contribution in [0.25, 0.3) is 0 Å². The van der Waals surface area contributed by atoms with E-state index in [2.05, 4.69) is 20.0 Å². The van der Waals surface area contributed by atoms with E-state index in [0.717, 1.165) is 6.04 Å². The highest BCUT2D eigenvalue weighted by Gasteiger charge is 2.23. The van der Waals surface area contributed by atoms with Crippen molar-refractivity contribution < 1.29 is 9.53 Å². The Kier molecular flexibility index (Phi) is 6.64. The fraction of sp³-hybridized carbons (Fsp3) is 1.00. The van der Waals surface area contributed by atoms with E-state index in [9.17, 15) is 0 Å². The van der Waals surface area contributed by atoms with Gasteiger partial charge in [-0.05, 0) is 26.1 Å². The van der Waals surface area contributed by atoms with E-state index in [1.54, 1.807) is 6.92 Å². The van der Waals surface area contributed by atoms with E-state index in [0.29, 0.717) is 0 Å². The third-order valence-electron chi connectivity index (χ3n) is 2.12. The molecule has 0 aliphatic carbocycles. The van der Waals surface area contributed by atoms with Gasteiger partial charge in [-0.25, -0.2) is 0 Å². The molecule has 0 aromatic rings. The van der Waals surface area contributed by atoms with Gasteiger partial charge in [-0.2, -0.15) is 0 Å². The monoisotopic (exact) mass is 204 g/mol. The summed E-state index contributed by atoms with van der Waals surface area (Å²) < 4.78 is 5.51. The van der Waals surface area contributed by atoms with Gasteiger partial charge < -0.3 is 9.53 Å². The molecule has 0 bridgehead atoms. The average molecular weight is 204 g/mol. The van der Waals surface area contributed by atoms with Crippen molar-refractivity contribution in [1.29, 1.82) is 0 Å². The van der Waals surface area contributed by atoms with Crippen LogP contribution in [0.1, 0.15) is 39.5 Å². The minimum absolute atomic E-state index is 0.590. The summed E-state index contributed by atoms with van der Waals surface area (Å²) in [7, 11) is -1.57. The van der Waals surface area contributed by atoms with Crippen molar-refractivity contribution in [1.82, 2.24) is 0 Å². The standard InChI is InChI=1S/C10H24O2Si/c1-5-6-7-8-9-13(3,4)12-10(2)11/h10-11H,5-9H2,1-4H3. The van der Waals surface area contributed by atoms with Crippen LogP contribution < -0.4 is 0 Å². The summed E-state index contributed by atoms with van der Waals surface area (Å²) in [4.78, 5) is 0. The van der Waals surface area contributed by atoms with Crippen LogP contribution in [0.5, 0.6) is 0 Å². The highest BCUT2D eigenvalue weighted by atomic mass is 28.4. The van der Waals surface area contributed by atoms with E-state index in [1.807, 2.05) is 0 Å². The molecule has 0 fully saturated rings. The SMILES string of the molecule is CCCCCC[Si](C)(C)OC(C)O. The fourth-order valence-electron chi connectivity index (χ4n) is 1.50. The summed E-state index contributed by atoms with van der Waals surface area (Å²) in [6.45, 7) is 8.26. The Morgan fingerprint density at radius 3 is 2.31 bits per heavy atom. The number of hydrogen-bond donors (Lipinski definition) is 1. The van der Waals surface area contributed by atoms with Crippen LogP contribution in [0.4, 0.5) is 0 Å². The molecule has 1 N–H and O–H groups in total. The first-order valence-corrected chi connectivity index (χ1v) is 8.45. The predicted molar refractivity (Wildman–Crippen MR) is 59.2 cm³/mol. The Bertz CT molecular complexity index is 124. The van der Waals surface area contributed by atoms with Crippen LogP contribution in [0.3, 0.4) is 0 Å². The molecule has 0 aromatic carbocycles. The van der Waals surface area contributed by atoms with E-state index in [1.165, 1.54) is 25.7 Å². The van der Waals surface area contributed by atoms with Gasteiger partial charge in [0.25, 0.3) is 0 Å². The molecule has 0 spiro atoms. The van der Waals surface area contributed by atoms with Gasteiger partial charge in [0.1, 0.15) is 6.29 Å². The van der Waals surface area contributed by atoms with Crippen molar-refractivity contribution in [3.63, 3.8) is 0 Å². The van der Waals surface area contributed by atoms with Gasteiger partial charge in [0, 0.05) is 0 Å². The molecule has 0 amide bonds. The summed E-state index contributed by atoms with van der Waals surface area (Å²) in [6.07, 6.45) is 4.56. The molecule has 0 radical (unpaired) electrons. The number of rotatable bonds is 7. The Hall–Kier alpha value is 0.137. The average Bonchev–Trinajstić information content (AvgIpc) is 1.95. The van der Waals surface area contributed by atoms with Crippen molar-refractivity contribution in [2.24, 2.45) is 0 Å². The van der Waals surface area contributed by atoms with Gasteiger partial charge >= 0.3 is 0 Å². The molecule has 0 rings (SSSR count). The summed E-state index contributed by atoms with van der Waals surface area (Å²) in [5, 5.41) is 9.10. The zero-order valence-electron chi connectivity index (χ0n) is 9.47. The molecule has 0 aromatic heterocycles. The van der Waals surface area contributed by atoms with Crippen LogP contribution in [-0.4, -0.2) is 19.7 Å². The lowest BCUT2D eigenvalue weighted by Gasteiger charge is -2.24. The maximum Gasteiger partial charge on any atom is 0.190 e. The van der Waals surface area contributed by atoms with E-state index >= 15 is 0 Å². The molecule has 0 aliphatic heterocycles. The molecule has 13 heavy (non-hydrogen) atoms. The quantitative estimate of drug-likeness (QED) is 0.392. The number of unbranched alkanes of at least 4 members (excludes halogenated alkanes) is 3. The van der Waals surface area contributed by atoms with E-state index in [4.69, 9.17) is 9.53 Å². The van der Waals surface area contributed by atoms with Gasteiger partial charge in [-0.1, -0.05) is 32.6 Å². The summed E-state index contributed by atoms with van der Waals surface area (Å²) in [5.74, 6) is 0. The second kappa shape index (κ2) is 6.57. The number of hydrogen-bond acceptors (Lipinski definition) is 2. The summed E-state index contributed by atoms with van der Waals surface area (Å²) in [6, 6.07) is 1.16.